The summed E-state index contributed by atoms with van der Waals surface area (Å²) in [5.74, 6) is 1.05. The van der Waals surface area contributed by atoms with Crippen LogP contribution in [-0.2, 0) is 11.2 Å². The van der Waals surface area contributed by atoms with Crippen molar-refractivity contribution in [2.45, 2.75) is 19.8 Å². The van der Waals surface area contributed by atoms with Gasteiger partial charge in [-0.05, 0) is 19.9 Å². The van der Waals surface area contributed by atoms with Crippen LogP contribution in [0.25, 0.3) is 0 Å². The van der Waals surface area contributed by atoms with Crippen molar-refractivity contribution in [1.29, 1.82) is 0 Å². The van der Waals surface area contributed by atoms with Gasteiger partial charge in [-0.1, -0.05) is 0 Å². The van der Waals surface area contributed by atoms with E-state index in [1.807, 2.05) is 6.92 Å². The van der Waals surface area contributed by atoms with Crippen LogP contribution >= 0.6 is 24.8 Å². The maximum Gasteiger partial charge on any atom is 0.227 e. The third-order valence-corrected chi connectivity index (χ3v) is 3.12. The van der Waals surface area contributed by atoms with Gasteiger partial charge in [0.2, 0.25) is 5.91 Å². The smallest absolute Gasteiger partial charge is 0.227 e. The highest BCUT2D eigenvalue weighted by Crippen LogP contribution is 2.24. The van der Waals surface area contributed by atoms with Gasteiger partial charge in [-0.15, -0.1) is 24.8 Å². The lowest BCUT2D eigenvalue weighted by molar-refractivity contribution is -0.129. The van der Waals surface area contributed by atoms with Crippen LogP contribution in [0.2, 0.25) is 0 Å². The molecular weight excluding hydrogens is 275 g/mol. The van der Waals surface area contributed by atoms with Gasteiger partial charge in [-0.2, -0.15) is 0 Å². The maximum atomic E-state index is 11.9. The van der Waals surface area contributed by atoms with Crippen molar-refractivity contribution >= 4 is 30.7 Å². The molecule has 104 valence electrons. The molecule has 1 aromatic rings. The molecule has 2 rings (SSSR count). The molecule has 7 heteroatoms. The number of amides is 1. The van der Waals surface area contributed by atoms with E-state index in [2.05, 4.69) is 20.6 Å². The molecular formula is C11H20Cl2N4O. The third-order valence-electron chi connectivity index (χ3n) is 3.12. The van der Waals surface area contributed by atoms with Crippen LogP contribution < -0.4 is 10.6 Å². The Bertz CT molecular complexity index is 350. The first kappa shape index (κ1) is 17.2. The van der Waals surface area contributed by atoms with Crippen molar-refractivity contribution in [2.75, 3.05) is 19.6 Å². The van der Waals surface area contributed by atoms with Crippen molar-refractivity contribution in [2.24, 2.45) is 5.41 Å². The van der Waals surface area contributed by atoms with Gasteiger partial charge in [0, 0.05) is 31.9 Å². The van der Waals surface area contributed by atoms with Gasteiger partial charge >= 0.3 is 0 Å². The molecule has 1 atom stereocenters. The minimum absolute atomic E-state index is 0. The van der Waals surface area contributed by atoms with Gasteiger partial charge in [0.25, 0.3) is 0 Å². The van der Waals surface area contributed by atoms with Crippen molar-refractivity contribution < 1.29 is 4.79 Å². The van der Waals surface area contributed by atoms with E-state index >= 15 is 0 Å². The van der Waals surface area contributed by atoms with Crippen LogP contribution in [0.1, 0.15) is 19.2 Å². The van der Waals surface area contributed by atoms with Crippen LogP contribution in [0.15, 0.2) is 12.4 Å². The summed E-state index contributed by atoms with van der Waals surface area (Å²) in [7, 11) is 0. The highest BCUT2D eigenvalue weighted by atomic mass is 35.5. The minimum atomic E-state index is -0.233. The first-order chi connectivity index (χ1) is 7.71. The van der Waals surface area contributed by atoms with Crippen molar-refractivity contribution in [3.63, 3.8) is 0 Å². The van der Waals surface area contributed by atoms with E-state index < -0.39 is 0 Å². The van der Waals surface area contributed by atoms with Gasteiger partial charge in [0.05, 0.1) is 5.41 Å². The van der Waals surface area contributed by atoms with Gasteiger partial charge in [0.1, 0.15) is 5.82 Å². The number of halogens is 2. The van der Waals surface area contributed by atoms with E-state index in [0.29, 0.717) is 6.54 Å². The fourth-order valence-corrected chi connectivity index (χ4v) is 1.95. The molecule has 1 saturated heterocycles. The summed E-state index contributed by atoms with van der Waals surface area (Å²) in [5, 5.41) is 6.18. The van der Waals surface area contributed by atoms with E-state index in [-0.39, 0.29) is 36.1 Å². The van der Waals surface area contributed by atoms with E-state index in [1.165, 1.54) is 0 Å². The first-order valence-corrected chi connectivity index (χ1v) is 5.68. The third kappa shape index (κ3) is 4.15. The quantitative estimate of drug-likeness (QED) is 0.773. The van der Waals surface area contributed by atoms with Crippen LogP contribution in [0.3, 0.4) is 0 Å². The molecule has 1 aromatic heterocycles. The molecule has 0 aromatic carbocycles. The number of carbonyl (C=O) groups is 1. The Balaban J connectivity index is 0.00000144. The van der Waals surface area contributed by atoms with Crippen LogP contribution in [0.4, 0.5) is 0 Å². The van der Waals surface area contributed by atoms with Crippen molar-refractivity contribution in [1.82, 2.24) is 20.6 Å². The fraction of sp³-hybridized carbons (Fsp3) is 0.636. The standard InChI is InChI=1S/C11H18N4O.2ClH/c1-11(3-5-12-8-11)10(16)15-4-2-9-13-6-7-14-9;;/h6-7,12H,2-5,8H2,1H3,(H,13,14)(H,15,16);2*1H. The minimum Gasteiger partial charge on any atom is -0.355 e. The summed E-state index contributed by atoms with van der Waals surface area (Å²) in [6, 6.07) is 0. The molecule has 0 aliphatic carbocycles. The number of H-pyrrole nitrogens is 1. The molecule has 0 radical (unpaired) electrons. The Morgan fingerprint density at radius 2 is 2.33 bits per heavy atom. The average Bonchev–Trinajstić information content (AvgIpc) is 2.90. The van der Waals surface area contributed by atoms with Gasteiger partial charge in [-0.25, -0.2) is 4.98 Å². The Labute approximate surface area is 119 Å². The zero-order valence-corrected chi connectivity index (χ0v) is 12.0. The number of nitrogens with zero attached hydrogens (tertiary/aromatic N) is 1. The summed E-state index contributed by atoms with van der Waals surface area (Å²) in [6.45, 7) is 4.36. The zero-order chi connectivity index (χ0) is 11.4. The second-order valence-corrected chi connectivity index (χ2v) is 4.53. The number of aromatic amines is 1. The van der Waals surface area contributed by atoms with E-state index in [4.69, 9.17) is 0 Å². The van der Waals surface area contributed by atoms with Crippen molar-refractivity contribution in [3.05, 3.63) is 18.2 Å². The molecule has 1 aliphatic rings. The molecule has 1 unspecified atom stereocenters. The average molecular weight is 295 g/mol. The maximum absolute atomic E-state index is 11.9. The molecule has 3 N–H and O–H groups in total. The number of nitrogens with one attached hydrogen (secondary N) is 3. The lowest BCUT2D eigenvalue weighted by atomic mass is 9.89. The first-order valence-electron chi connectivity index (χ1n) is 5.68. The molecule has 1 aliphatic heterocycles. The van der Waals surface area contributed by atoms with Gasteiger partial charge in [0.15, 0.2) is 0 Å². The molecule has 1 fully saturated rings. The molecule has 2 heterocycles. The molecule has 0 bridgehead atoms. The lowest BCUT2D eigenvalue weighted by Gasteiger charge is -2.21. The molecule has 18 heavy (non-hydrogen) atoms. The number of hydrogen-bond donors (Lipinski definition) is 3. The zero-order valence-electron chi connectivity index (χ0n) is 10.4. The largest absolute Gasteiger partial charge is 0.355 e. The number of aromatic nitrogens is 2. The fourth-order valence-electron chi connectivity index (χ4n) is 1.95. The Kier molecular flexibility index (Phi) is 7.28. The summed E-state index contributed by atoms with van der Waals surface area (Å²) >= 11 is 0. The monoisotopic (exact) mass is 294 g/mol. The van der Waals surface area contributed by atoms with Gasteiger partial charge < -0.3 is 15.6 Å². The lowest BCUT2D eigenvalue weighted by Crippen LogP contribution is -2.41. The molecule has 5 nitrogen and oxygen atoms in total. The van der Waals surface area contributed by atoms with E-state index in [9.17, 15) is 4.79 Å². The molecule has 0 saturated carbocycles. The highest BCUT2D eigenvalue weighted by molar-refractivity contribution is 5.85. The Morgan fingerprint density at radius 3 is 2.89 bits per heavy atom. The molecule has 1 amide bonds. The van der Waals surface area contributed by atoms with Crippen LogP contribution in [0, 0.1) is 5.41 Å². The van der Waals surface area contributed by atoms with Crippen molar-refractivity contribution in [3.8, 4) is 0 Å². The van der Waals surface area contributed by atoms with Crippen LogP contribution in [-0.4, -0.2) is 35.5 Å². The highest BCUT2D eigenvalue weighted by Gasteiger charge is 2.35. The SMILES string of the molecule is CC1(C(=O)NCCc2ncc[nH]2)CCNC1.Cl.Cl. The number of imidazole rings is 1. The predicted octanol–water partition coefficient (Wildman–Crippen LogP) is 0.912. The summed E-state index contributed by atoms with van der Waals surface area (Å²) in [4.78, 5) is 19.0. The topological polar surface area (TPSA) is 69.8 Å². The predicted molar refractivity (Wildman–Crippen MR) is 75.4 cm³/mol. The molecule has 0 spiro atoms. The summed E-state index contributed by atoms with van der Waals surface area (Å²) < 4.78 is 0. The number of carbonyl (C=O) groups excluding carboxylic acids is 1. The van der Waals surface area contributed by atoms with Crippen LogP contribution in [0.5, 0.6) is 0 Å². The second kappa shape index (κ2) is 7.61. The summed E-state index contributed by atoms with van der Waals surface area (Å²) in [6.07, 6.45) is 5.18. The van der Waals surface area contributed by atoms with E-state index in [0.717, 1.165) is 31.8 Å². The Morgan fingerprint density at radius 1 is 1.56 bits per heavy atom. The van der Waals surface area contributed by atoms with E-state index in [1.54, 1.807) is 12.4 Å². The number of rotatable bonds is 4. The second-order valence-electron chi connectivity index (χ2n) is 4.53. The van der Waals surface area contributed by atoms with Gasteiger partial charge in [-0.3, -0.25) is 4.79 Å². The summed E-state index contributed by atoms with van der Waals surface area (Å²) in [5.41, 5.74) is -0.233. The normalized spacial score (nSPS) is 21.8. The number of hydrogen-bond acceptors (Lipinski definition) is 3. The Hall–Kier alpha value is -0.780.